The van der Waals surface area contributed by atoms with Gasteiger partial charge in [-0.3, -0.25) is 0 Å². The summed E-state index contributed by atoms with van der Waals surface area (Å²) in [6.07, 6.45) is 1.38. The summed E-state index contributed by atoms with van der Waals surface area (Å²) in [5.74, 6) is -0.624. The molecule has 1 fully saturated rings. The van der Waals surface area contributed by atoms with E-state index in [0.29, 0.717) is 24.3 Å². The molecule has 1 N–H and O–H groups in total. The third kappa shape index (κ3) is 4.90. The molecule has 3 rings (SSSR count). The molecule has 2 aromatic rings. The van der Waals surface area contributed by atoms with Gasteiger partial charge in [0.25, 0.3) is 0 Å². The summed E-state index contributed by atoms with van der Waals surface area (Å²) >= 11 is 0. The summed E-state index contributed by atoms with van der Waals surface area (Å²) in [5.41, 5.74) is 1.11. The number of carbonyl (C=O) groups is 2. The van der Waals surface area contributed by atoms with E-state index in [1.165, 1.54) is 0 Å². The second-order valence-electron chi connectivity index (χ2n) is 6.04. The molecule has 5 nitrogen and oxygen atoms in total. The van der Waals surface area contributed by atoms with E-state index in [9.17, 15) is 9.59 Å². The largest absolute Gasteiger partial charge is 0.460 e. The molecule has 1 aliphatic rings. The number of ether oxygens (including phenoxy) is 2. The second kappa shape index (κ2) is 8.44. The van der Waals surface area contributed by atoms with Gasteiger partial charge in [0.15, 0.2) is 0 Å². The first-order chi connectivity index (χ1) is 12.2. The fraction of sp³-hybridized carbons (Fsp3) is 0.300. The molecule has 25 heavy (non-hydrogen) atoms. The van der Waals surface area contributed by atoms with Crippen LogP contribution in [0, 0.1) is 0 Å². The summed E-state index contributed by atoms with van der Waals surface area (Å²) in [4.78, 5) is 24.0. The number of nitrogens with one attached hydrogen (secondary N) is 1. The summed E-state index contributed by atoms with van der Waals surface area (Å²) < 4.78 is 10.9. The zero-order valence-corrected chi connectivity index (χ0v) is 13.9. The number of benzene rings is 2. The molecule has 1 aliphatic heterocycles. The molecule has 130 valence electrons. The number of hydrogen-bond donors (Lipinski definition) is 1. The van der Waals surface area contributed by atoms with Crippen molar-refractivity contribution in [1.82, 2.24) is 5.32 Å². The molecule has 1 saturated heterocycles. The molecule has 0 saturated carbocycles. The van der Waals surface area contributed by atoms with Crippen LogP contribution in [0.25, 0.3) is 0 Å². The topological polar surface area (TPSA) is 64.6 Å². The monoisotopic (exact) mass is 339 g/mol. The minimum atomic E-state index is -0.319. The van der Waals surface area contributed by atoms with Gasteiger partial charge in [-0.15, -0.1) is 0 Å². The van der Waals surface area contributed by atoms with E-state index >= 15 is 0 Å². The Balaban J connectivity index is 1.40. The molecule has 5 heteroatoms. The lowest BCUT2D eigenvalue weighted by Gasteiger charge is -2.29. The Labute approximate surface area is 147 Å². The van der Waals surface area contributed by atoms with E-state index in [1.54, 1.807) is 36.4 Å². The fourth-order valence-electron chi connectivity index (χ4n) is 2.76. The highest BCUT2D eigenvalue weighted by Crippen LogP contribution is 2.14. The third-order valence-electron chi connectivity index (χ3n) is 4.18. The maximum Gasteiger partial charge on any atom is 0.338 e. The molecule has 0 bridgehead atoms. The highest BCUT2D eigenvalue weighted by molar-refractivity contribution is 5.89. The molecular formula is C20H21NO4. The van der Waals surface area contributed by atoms with Crippen LogP contribution in [0.5, 0.6) is 0 Å². The normalized spacial score (nSPS) is 19.8. The molecular weight excluding hydrogens is 318 g/mol. The van der Waals surface area contributed by atoms with Gasteiger partial charge in [-0.25, -0.2) is 9.59 Å². The van der Waals surface area contributed by atoms with E-state index in [4.69, 9.17) is 9.47 Å². The van der Waals surface area contributed by atoms with Gasteiger partial charge in [0.05, 0.1) is 11.1 Å². The zero-order valence-electron chi connectivity index (χ0n) is 13.9. The lowest BCUT2D eigenvalue weighted by molar-refractivity contribution is 0.0164. The number of carbonyl (C=O) groups excluding carboxylic acids is 2. The molecule has 1 heterocycles. The first-order valence-corrected chi connectivity index (χ1v) is 8.44. The van der Waals surface area contributed by atoms with Crippen molar-refractivity contribution in [2.24, 2.45) is 0 Å². The molecule has 0 aliphatic carbocycles. The van der Waals surface area contributed by atoms with Gasteiger partial charge < -0.3 is 14.8 Å². The van der Waals surface area contributed by atoms with E-state index < -0.39 is 0 Å². The maximum absolute atomic E-state index is 12.0. The lowest BCUT2D eigenvalue weighted by atomic mass is 10.0. The Bertz CT molecular complexity index is 694. The van der Waals surface area contributed by atoms with Gasteiger partial charge in [-0.2, -0.15) is 0 Å². The van der Waals surface area contributed by atoms with Crippen molar-refractivity contribution >= 4 is 11.9 Å². The van der Waals surface area contributed by atoms with E-state index in [2.05, 4.69) is 5.32 Å². The summed E-state index contributed by atoms with van der Waals surface area (Å²) in [6, 6.07) is 18.0. The van der Waals surface area contributed by atoms with Crippen molar-refractivity contribution in [2.45, 2.75) is 25.0 Å². The zero-order chi connectivity index (χ0) is 17.5. The van der Waals surface area contributed by atoms with Crippen LogP contribution in [-0.4, -0.2) is 37.2 Å². The van der Waals surface area contributed by atoms with Crippen LogP contribution in [0.15, 0.2) is 60.7 Å². The number of piperidine rings is 1. The molecule has 0 aromatic heterocycles. The minimum Gasteiger partial charge on any atom is -0.460 e. The van der Waals surface area contributed by atoms with E-state index in [-0.39, 0.29) is 24.1 Å². The van der Waals surface area contributed by atoms with Gasteiger partial charge in [0.1, 0.15) is 12.7 Å². The van der Waals surface area contributed by atoms with Crippen LogP contribution in [-0.2, 0) is 9.47 Å². The minimum absolute atomic E-state index is 0.0827. The smallest absolute Gasteiger partial charge is 0.338 e. The van der Waals surface area contributed by atoms with Crippen molar-refractivity contribution in [3.8, 4) is 0 Å². The Morgan fingerprint density at radius 3 is 2.04 bits per heavy atom. The third-order valence-corrected chi connectivity index (χ3v) is 4.18. The summed E-state index contributed by atoms with van der Waals surface area (Å²) in [5, 5.41) is 3.28. The number of rotatable bonds is 5. The SMILES string of the molecule is O=C(OC[C@@H]1CC[C@H](OC(=O)c2ccccc2)CN1)c1ccccc1. The van der Waals surface area contributed by atoms with Crippen LogP contribution in [0.2, 0.25) is 0 Å². The van der Waals surface area contributed by atoms with E-state index in [1.807, 2.05) is 24.3 Å². The van der Waals surface area contributed by atoms with Gasteiger partial charge >= 0.3 is 11.9 Å². The molecule has 0 unspecified atom stereocenters. The van der Waals surface area contributed by atoms with Crippen LogP contribution in [0.4, 0.5) is 0 Å². The highest BCUT2D eigenvalue weighted by atomic mass is 16.5. The molecule has 0 radical (unpaired) electrons. The van der Waals surface area contributed by atoms with Gasteiger partial charge in [-0.1, -0.05) is 36.4 Å². The number of hydrogen-bond acceptors (Lipinski definition) is 5. The van der Waals surface area contributed by atoms with Crippen molar-refractivity contribution in [1.29, 1.82) is 0 Å². The molecule has 2 aromatic carbocycles. The lowest BCUT2D eigenvalue weighted by Crippen LogP contribution is -2.45. The predicted molar refractivity (Wildman–Crippen MR) is 93.4 cm³/mol. The van der Waals surface area contributed by atoms with Crippen LogP contribution >= 0.6 is 0 Å². The standard InChI is InChI=1S/C20H21NO4/c22-19(15-7-3-1-4-8-15)24-14-17-11-12-18(13-21-17)25-20(23)16-9-5-2-6-10-16/h1-10,17-18,21H,11-14H2/t17-,18-/m0/s1. The van der Waals surface area contributed by atoms with Crippen molar-refractivity contribution in [3.05, 3.63) is 71.8 Å². The Kier molecular flexibility index (Phi) is 5.80. The van der Waals surface area contributed by atoms with Gasteiger partial charge in [0, 0.05) is 12.6 Å². The van der Waals surface area contributed by atoms with Crippen molar-refractivity contribution in [3.63, 3.8) is 0 Å². The highest BCUT2D eigenvalue weighted by Gasteiger charge is 2.24. The van der Waals surface area contributed by atoms with Crippen LogP contribution < -0.4 is 5.32 Å². The van der Waals surface area contributed by atoms with Crippen molar-refractivity contribution < 1.29 is 19.1 Å². The summed E-state index contributed by atoms with van der Waals surface area (Å²) in [7, 11) is 0. The average molecular weight is 339 g/mol. The Morgan fingerprint density at radius 2 is 1.48 bits per heavy atom. The predicted octanol–water partition coefficient (Wildman–Crippen LogP) is 2.82. The average Bonchev–Trinajstić information content (AvgIpc) is 2.68. The fourth-order valence-corrected chi connectivity index (χ4v) is 2.76. The Morgan fingerprint density at radius 1 is 0.880 bits per heavy atom. The second-order valence-corrected chi connectivity index (χ2v) is 6.04. The Hall–Kier alpha value is -2.66. The quantitative estimate of drug-likeness (QED) is 0.849. The van der Waals surface area contributed by atoms with Crippen molar-refractivity contribution in [2.75, 3.05) is 13.2 Å². The van der Waals surface area contributed by atoms with E-state index in [0.717, 1.165) is 12.8 Å². The first kappa shape index (κ1) is 17.2. The van der Waals surface area contributed by atoms with Crippen LogP contribution in [0.1, 0.15) is 33.6 Å². The molecule has 0 amide bonds. The number of esters is 2. The summed E-state index contributed by atoms with van der Waals surface area (Å²) in [6.45, 7) is 0.874. The van der Waals surface area contributed by atoms with Crippen LogP contribution in [0.3, 0.4) is 0 Å². The van der Waals surface area contributed by atoms with Gasteiger partial charge in [0.2, 0.25) is 0 Å². The molecule has 2 atom stereocenters. The maximum atomic E-state index is 12.0. The van der Waals surface area contributed by atoms with Gasteiger partial charge in [-0.05, 0) is 37.1 Å². The molecule has 0 spiro atoms. The first-order valence-electron chi connectivity index (χ1n) is 8.44.